The van der Waals surface area contributed by atoms with Crippen LogP contribution in [-0.2, 0) is 33.3 Å². The van der Waals surface area contributed by atoms with Crippen LogP contribution in [0, 0.1) is 39.9 Å². The second-order valence-electron chi connectivity index (χ2n) is 14.5. The summed E-state index contributed by atoms with van der Waals surface area (Å²) in [6, 6.07) is 16.2. The predicted molar refractivity (Wildman–Crippen MR) is 175 cm³/mol. The number of rotatable bonds is 7. The lowest BCUT2D eigenvalue weighted by Gasteiger charge is -2.69. The molecule has 2 aromatic rings. The first-order valence-electron chi connectivity index (χ1n) is 16.3. The molecule has 0 amide bonds. The topological polar surface area (TPSA) is 163 Å². The molecule has 3 aliphatic rings. The number of ketones is 1. The number of aliphatic hydroxyl groups is 2. The molecule has 0 radical (unpaired) electrons. The molecule has 49 heavy (non-hydrogen) atoms. The highest BCUT2D eigenvalue weighted by molar-refractivity contribution is 5.97. The van der Waals surface area contributed by atoms with Crippen LogP contribution >= 0.6 is 0 Å². The van der Waals surface area contributed by atoms with Crippen molar-refractivity contribution in [2.24, 2.45) is 39.9 Å². The van der Waals surface area contributed by atoms with Crippen molar-refractivity contribution in [3.63, 3.8) is 0 Å². The van der Waals surface area contributed by atoms with E-state index in [2.05, 4.69) is 6.58 Å². The summed E-state index contributed by atoms with van der Waals surface area (Å²) in [5.74, 6) is -9.02. The molecule has 5 rings (SSSR count). The lowest BCUT2D eigenvalue weighted by Crippen LogP contribution is -2.79. The minimum atomic E-state index is -2.57. The first-order valence-corrected chi connectivity index (χ1v) is 16.3. The van der Waals surface area contributed by atoms with E-state index < -0.39 is 93.5 Å². The minimum Gasteiger partial charge on any atom is -0.469 e. The molecule has 0 spiro atoms. The molecule has 0 aromatic heterocycles. The molecule has 0 bridgehead atoms. The molecule has 11 heteroatoms. The molecule has 3 saturated carbocycles. The Labute approximate surface area is 285 Å². The standard InChI is InChI=1S/C38H44O11/c1-8-36(4)20-23(48-30(40)21-15-11-9-12-16-21)28-37(5)24(19-25(39)38(28,45)34(36)44)35(2,3)27(33(43)47-7)26(32(42)46-6)29(37)49-31(41)22-17-13-10-14-18-22/h8-18,23-29,39,45H,1,19-20H2,2-7H3. The first kappa shape index (κ1) is 35.9. The molecule has 3 aliphatic carbocycles. The van der Waals surface area contributed by atoms with Crippen LogP contribution < -0.4 is 0 Å². The molecule has 11 nitrogen and oxygen atoms in total. The number of carbonyl (C=O) groups is 5. The van der Waals surface area contributed by atoms with Crippen LogP contribution in [0.5, 0.6) is 0 Å². The van der Waals surface area contributed by atoms with Crippen LogP contribution in [-0.4, -0.2) is 78.0 Å². The summed E-state index contributed by atoms with van der Waals surface area (Å²) in [7, 11) is 2.31. The SMILES string of the molecule is C=CC1(C)CC(OC(=O)c2ccccc2)C2C(O)(C1=O)C(O)CC1C(C)(C)C(C(=O)OC)C(C(=O)OC)C(OC(=O)c3ccccc3)C12C. The number of ether oxygens (including phenoxy) is 4. The van der Waals surface area contributed by atoms with Crippen LogP contribution in [0.15, 0.2) is 73.3 Å². The molecule has 3 fully saturated rings. The highest BCUT2D eigenvalue weighted by Gasteiger charge is 2.78. The van der Waals surface area contributed by atoms with Gasteiger partial charge in [-0.2, -0.15) is 0 Å². The number of methoxy groups -OCH3 is 2. The van der Waals surface area contributed by atoms with E-state index in [0.717, 1.165) is 7.11 Å². The van der Waals surface area contributed by atoms with E-state index in [-0.39, 0.29) is 24.0 Å². The monoisotopic (exact) mass is 676 g/mol. The summed E-state index contributed by atoms with van der Waals surface area (Å²) in [6.07, 6.45) is -3.55. The maximum atomic E-state index is 14.5. The van der Waals surface area contributed by atoms with Gasteiger partial charge in [0.05, 0.1) is 42.8 Å². The van der Waals surface area contributed by atoms with Gasteiger partial charge in [-0.1, -0.05) is 63.2 Å². The van der Waals surface area contributed by atoms with Gasteiger partial charge in [-0.05, 0) is 48.9 Å². The maximum Gasteiger partial charge on any atom is 0.338 e. The van der Waals surface area contributed by atoms with Crippen molar-refractivity contribution in [2.75, 3.05) is 14.2 Å². The summed E-state index contributed by atoms with van der Waals surface area (Å²) in [6.45, 7) is 10.5. The Hall–Kier alpha value is -4.35. The molecule has 262 valence electrons. The molecule has 2 aromatic carbocycles. The highest BCUT2D eigenvalue weighted by atomic mass is 16.6. The molecule has 2 N–H and O–H groups in total. The van der Waals surface area contributed by atoms with E-state index in [4.69, 9.17) is 18.9 Å². The Morgan fingerprint density at radius 3 is 1.84 bits per heavy atom. The average molecular weight is 677 g/mol. The van der Waals surface area contributed by atoms with Crippen LogP contribution in [0.4, 0.5) is 0 Å². The van der Waals surface area contributed by atoms with Gasteiger partial charge in [0.15, 0.2) is 11.4 Å². The van der Waals surface area contributed by atoms with E-state index in [1.54, 1.807) is 76.2 Å². The van der Waals surface area contributed by atoms with Crippen molar-refractivity contribution >= 4 is 29.7 Å². The quantitative estimate of drug-likeness (QED) is 0.248. The Morgan fingerprint density at radius 1 is 0.837 bits per heavy atom. The van der Waals surface area contributed by atoms with Crippen molar-refractivity contribution in [3.05, 3.63) is 84.4 Å². The van der Waals surface area contributed by atoms with Gasteiger partial charge in [-0.3, -0.25) is 14.4 Å². The summed E-state index contributed by atoms with van der Waals surface area (Å²) < 4.78 is 22.9. The third-order valence-electron chi connectivity index (χ3n) is 11.6. The molecule has 10 unspecified atom stereocenters. The molecule has 0 saturated heterocycles. The number of allylic oxidation sites excluding steroid dienone is 1. The van der Waals surface area contributed by atoms with E-state index in [1.165, 1.54) is 25.3 Å². The Morgan fingerprint density at radius 2 is 1.35 bits per heavy atom. The van der Waals surface area contributed by atoms with Crippen LogP contribution in [0.25, 0.3) is 0 Å². The molecular formula is C38H44O11. The van der Waals surface area contributed by atoms with Crippen molar-refractivity contribution in [1.82, 2.24) is 0 Å². The maximum absolute atomic E-state index is 14.5. The van der Waals surface area contributed by atoms with Crippen LogP contribution in [0.1, 0.15) is 61.3 Å². The third-order valence-corrected chi connectivity index (χ3v) is 11.6. The zero-order valence-electron chi connectivity index (χ0n) is 28.6. The molecular weight excluding hydrogens is 632 g/mol. The fourth-order valence-corrected chi connectivity index (χ4v) is 9.34. The number of carbonyl (C=O) groups excluding carboxylic acids is 5. The normalized spacial score (nSPS) is 36.2. The van der Waals surface area contributed by atoms with Crippen molar-refractivity contribution in [3.8, 4) is 0 Å². The average Bonchev–Trinajstić information content (AvgIpc) is 3.09. The molecule has 0 heterocycles. The van der Waals surface area contributed by atoms with E-state index in [0.29, 0.717) is 0 Å². The number of hydrogen-bond donors (Lipinski definition) is 2. The van der Waals surface area contributed by atoms with Gasteiger partial charge in [0.25, 0.3) is 0 Å². The smallest absolute Gasteiger partial charge is 0.338 e. The largest absolute Gasteiger partial charge is 0.469 e. The first-order chi connectivity index (χ1) is 23.0. The van der Waals surface area contributed by atoms with Gasteiger partial charge in [0.1, 0.15) is 18.1 Å². The second kappa shape index (κ2) is 12.8. The van der Waals surface area contributed by atoms with Gasteiger partial charge in [-0.25, -0.2) is 9.59 Å². The zero-order chi connectivity index (χ0) is 36.1. The van der Waals surface area contributed by atoms with E-state index >= 15 is 0 Å². The van der Waals surface area contributed by atoms with Crippen molar-refractivity contribution in [1.29, 1.82) is 0 Å². The summed E-state index contributed by atoms with van der Waals surface area (Å²) >= 11 is 0. The lowest BCUT2D eigenvalue weighted by atomic mass is 9.36. The van der Waals surface area contributed by atoms with Crippen molar-refractivity contribution in [2.45, 2.75) is 64.4 Å². The Bertz CT molecular complexity index is 1640. The predicted octanol–water partition coefficient (Wildman–Crippen LogP) is 3.96. The number of hydrogen-bond acceptors (Lipinski definition) is 11. The number of aliphatic hydroxyl groups excluding tert-OH is 1. The fourth-order valence-electron chi connectivity index (χ4n) is 9.34. The summed E-state index contributed by atoms with van der Waals surface area (Å²) in [5, 5.41) is 24.6. The number of fused-ring (bicyclic) bond motifs is 3. The highest BCUT2D eigenvalue weighted by Crippen LogP contribution is 2.69. The van der Waals surface area contributed by atoms with Gasteiger partial charge in [-0.15, -0.1) is 6.58 Å². The van der Waals surface area contributed by atoms with Gasteiger partial charge in [0.2, 0.25) is 0 Å². The number of benzene rings is 2. The van der Waals surface area contributed by atoms with E-state index in [1.807, 2.05) is 0 Å². The lowest BCUT2D eigenvalue weighted by molar-refractivity contribution is -0.295. The zero-order valence-corrected chi connectivity index (χ0v) is 28.6. The second-order valence-corrected chi connectivity index (χ2v) is 14.5. The summed E-state index contributed by atoms with van der Waals surface area (Å²) in [4.78, 5) is 69.6. The molecule has 0 aliphatic heterocycles. The van der Waals surface area contributed by atoms with Crippen molar-refractivity contribution < 1.29 is 53.1 Å². The number of Topliss-reactive ketones (excluding diaryl/α,β-unsaturated/α-hetero) is 1. The molecule has 10 atom stereocenters. The van der Waals surface area contributed by atoms with Gasteiger partial charge in [0, 0.05) is 17.8 Å². The van der Waals surface area contributed by atoms with Crippen LogP contribution in [0.3, 0.4) is 0 Å². The fraction of sp³-hybridized carbons (Fsp3) is 0.500. The summed E-state index contributed by atoms with van der Waals surface area (Å²) in [5.41, 5.74) is -6.48. The van der Waals surface area contributed by atoms with Crippen LogP contribution in [0.2, 0.25) is 0 Å². The Kier molecular flexibility index (Phi) is 9.42. The minimum absolute atomic E-state index is 0.140. The van der Waals surface area contributed by atoms with E-state index in [9.17, 15) is 34.2 Å². The Balaban J connectivity index is 1.80. The third kappa shape index (κ3) is 5.47. The number of esters is 4. The van der Waals surface area contributed by atoms with Gasteiger partial charge >= 0.3 is 23.9 Å². The van der Waals surface area contributed by atoms with Gasteiger partial charge < -0.3 is 29.2 Å².